The molecule has 6 nitrogen and oxygen atoms in total. The van der Waals surface area contributed by atoms with Crippen molar-refractivity contribution in [2.45, 2.75) is 43.9 Å². The number of amides is 1. The van der Waals surface area contributed by atoms with E-state index in [-0.39, 0.29) is 11.7 Å². The number of hydrogen-bond donors (Lipinski definition) is 0. The molecule has 1 saturated carbocycles. The molecule has 27 heavy (non-hydrogen) atoms. The molecule has 3 saturated heterocycles. The molecule has 0 radical (unpaired) electrons. The van der Waals surface area contributed by atoms with Gasteiger partial charge in [-0.05, 0) is 50.8 Å². The van der Waals surface area contributed by atoms with Crippen molar-refractivity contribution in [3.63, 3.8) is 0 Å². The monoisotopic (exact) mass is 369 g/mol. The Labute approximate surface area is 162 Å². The highest BCUT2D eigenvalue weighted by Crippen LogP contribution is 2.44. The summed E-state index contributed by atoms with van der Waals surface area (Å²) in [6.45, 7) is 6.97. The molecule has 4 fully saturated rings. The maximum atomic E-state index is 13.3. The van der Waals surface area contributed by atoms with Gasteiger partial charge in [-0.2, -0.15) is 0 Å². The van der Waals surface area contributed by atoms with Crippen molar-refractivity contribution >= 4 is 5.91 Å². The van der Waals surface area contributed by atoms with Crippen LogP contribution in [-0.2, 0) is 11.3 Å². The minimum atomic E-state index is -0.0355. The highest BCUT2D eigenvalue weighted by atomic mass is 16.2. The summed E-state index contributed by atoms with van der Waals surface area (Å²) in [4.78, 5) is 27.5. The Bertz CT molecular complexity index is 683. The van der Waals surface area contributed by atoms with Gasteiger partial charge in [0.05, 0.1) is 11.4 Å². The first kappa shape index (κ1) is 17.6. The normalized spacial score (nSPS) is 29.4. The summed E-state index contributed by atoms with van der Waals surface area (Å²) in [6, 6.07) is 6.22. The fraction of sp³-hybridized carbons (Fsp3) is 0.714. The van der Waals surface area contributed by atoms with Gasteiger partial charge < -0.3 is 9.80 Å². The molecule has 0 aromatic carbocycles. The number of piperidine rings is 1. The second-order valence-electron chi connectivity index (χ2n) is 8.94. The number of fused-ring (bicyclic) bond motifs is 2. The van der Waals surface area contributed by atoms with Crippen LogP contribution in [0.15, 0.2) is 24.4 Å². The predicted molar refractivity (Wildman–Crippen MR) is 104 cm³/mol. The molecule has 1 amide bonds. The third-order valence-corrected chi connectivity index (χ3v) is 7.08. The zero-order chi connectivity index (χ0) is 18.4. The summed E-state index contributed by atoms with van der Waals surface area (Å²) in [5.41, 5.74) is 1.11. The lowest BCUT2D eigenvalue weighted by atomic mass is 9.93. The van der Waals surface area contributed by atoms with Crippen LogP contribution in [0.25, 0.3) is 0 Å². The Morgan fingerprint density at radius 2 is 1.96 bits per heavy atom. The summed E-state index contributed by atoms with van der Waals surface area (Å²) in [5.74, 6) is 1.14. The van der Waals surface area contributed by atoms with Gasteiger partial charge in [0.25, 0.3) is 0 Å². The fourth-order valence-corrected chi connectivity index (χ4v) is 5.33. The number of aromatic nitrogens is 1. The van der Waals surface area contributed by atoms with Gasteiger partial charge in [-0.1, -0.05) is 6.07 Å². The summed E-state index contributed by atoms with van der Waals surface area (Å²) in [7, 11) is 2.15. The van der Waals surface area contributed by atoms with Gasteiger partial charge in [0.15, 0.2) is 0 Å². The zero-order valence-electron chi connectivity index (χ0n) is 16.4. The number of pyridine rings is 1. The van der Waals surface area contributed by atoms with E-state index in [2.05, 4.69) is 43.8 Å². The largest absolute Gasteiger partial charge is 0.322 e. The molecule has 0 N–H and O–H groups in total. The van der Waals surface area contributed by atoms with E-state index < -0.39 is 0 Å². The van der Waals surface area contributed by atoms with Gasteiger partial charge in [-0.3, -0.25) is 19.6 Å². The molecule has 1 aliphatic carbocycles. The first-order valence-corrected chi connectivity index (χ1v) is 10.5. The maximum Gasteiger partial charge on any atom is 0.242 e. The second-order valence-corrected chi connectivity index (χ2v) is 8.94. The first-order chi connectivity index (χ1) is 13.2. The Morgan fingerprint density at radius 1 is 1.15 bits per heavy atom. The first-order valence-electron chi connectivity index (χ1n) is 10.5. The van der Waals surface area contributed by atoms with Crippen LogP contribution in [0.2, 0.25) is 0 Å². The molecule has 1 aromatic heterocycles. The van der Waals surface area contributed by atoms with Gasteiger partial charge >= 0.3 is 0 Å². The topological polar surface area (TPSA) is 42.9 Å². The molecule has 0 unspecified atom stereocenters. The number of likely N-dealkylation sites (tertiary alicyclic amines) is 1. The van der Waals surface area contributed by atoms with Gasteiger partial charge in [0.1, 0.15) is 6.04 Å². The Balaban J connectivity index is 1.34. The lowest BCUT2D eigenvalue weighted by Gasteiger charge is -2.51. The van der Waals surface area contributed by atoms with Crippen LogP contribution in [-0.4, -0.2) is 88.5 Å². The second kappa shape index (κ2) is 6.83. The fourth-order valence-electron chi connectivity index (χ4n) is 5.33. The summed E-state index contributed by atoms with van der Waals surface area (Å²) in [6.07, 6.45) is 6.62. The third kappa shape index (κ3) is 3.18. The lowest BCUT2D eigenvalue weighted by molar-refractivity contribution is -0.134. The Morgan fingerprint density at radius 3 is 2.67 bits per heavy atom. The van der Waals surface area contributed by atoms with Crippen LogP contribution in [0.3, 0.4) is 0 Å². The van der Waals surface area contributed by atoms with E-state index >= 15 is 0 Å². The average molecular weight is 370 g/mol. The predicted octanol–water partition coefficient (Wildman–Crippen LogP) is 1.24. The van der Waals surface area contributed by atoms with E-state index in [1.165, 1.54) is 12.8 Å². The van der Waals surface area contributed by atoms with Crippen molar-refractivity contribution in [1.29, 1.82) is 0 Å². The molecule has 6 heteroatoms. The zero-order valence-corrected chi connectivity index (χ0v) is 16.4. The van der Waals surface area contributed by atoms with E-state index in [9.17, 15) is 4.79 Å². The average Bonchev–Trinajstić information content (AvgIpc) is 3.48. The van der Waals surface area contributed by atoms with Gasteiger partial charge in [-0.25, -0.2) is 0 Å². The van der Waals surface area contributed by atoms with E-state index in [1.54, 1.807) is 0 Å². The van der Waals surface area contributed by atoms with E-state index in [1.807, 2.05) is 12.3 Å². The standard InChI is InChI=1S/C21H31N5O/c1-23-12-13-25-19(16-23)20(27)26(14-17-5-6-17)21(25)7-10-24(11-8-21)15-18-4-2-3-9-22-18/h2-4,9,17,19H,5-8,10-16H2,1H3/t19-/m1/s1. The van der Waals surface area contributed by atoms with Crippen LogP contribution in [0, 0.1) is 5.92 Å². The summed E-state index contributed by atoms with van der Waals surface area (Å²) < 4.78 is 0. The smallest absolute Gasteiger partial charge is 0.242 e. The van der Waals surface area contributed by atoms with E-state index in [0.29, 0.717) is 5.91 Å². The SMILES string of the molecule is CN1CCN2[C@H](C1)C(=O)N(CC1CC1)C21CCN(Cc2ccccn2)CC1. The Hall–Kier alpha value is -1.50. The van der Waals surface area contributed by atoms with Crippen molar-refractivity contribution in [2.24, 2.45) is 5.92 Å². The van der Waals surface area contributed by atoms with Gasteiger partial charge in [0, 0.05) is 52.0 Å². The Kier molecular flexibility index (Phi) is 4.45. The highest BCUT2D eigenvalue weighted by molar-refractivity contribution is 5.85. The van der Waals surface area contributed by atoms with Crippen LogP contribution in [0.4, 0.5) is 0 Å². The third-order valence-electron chi connectivity index (χ3n) is 7.08. The van der Waals surface area contributed by atoms with Gasteiger partial charge in [-0.15, -0.1) is 0 Å². The van der Waals surface area contributed by atoms with Crippen molar-refractivity contribution in [3.8, 4) is 0 Å². The van der Waals surface area contributed by atoms with Gasteiger partial charge in [0.2, 0.25) is 5.91 Å². The van der Waals surface area contributed by atoms with Crippen LogP contribution in [0.5, 0.6) is 0 Å². The van der Waals surface area contributed by atoms with Crippen LogP contribution >= 0.6 is 0 Å². The molecule has 3 aliphatic heterocycles. The van der Waals surface area contributed by atoms with Crippen LogP contribution in [0.1, 0.15) is 31.4 Å². The molecule has 4 heterocycles. The molecule has 146 valence electrons. The number of carbonyl (C=O) groups is 1. The molecule has 1 atom stereocenters. The molecular weight excluding hydrogens is 338 g/mol. The molecular formula is C21H31N5O. The molecule has 0 bridgehead atoms. The van der Waals surface area contributed by atoms with E-state index in [4.69, 9.17) is 0 Å². The quantitative estimate of drug-likeness (QED) is 0.799. The molecule has 4 aliphatic rings. The molecule has 1 aromatic rings. The number of hydrogen-bond acceptors (Lipinski definition) is 5. The number of carbonyl (C=O) groups excluding carboxylic acids is 1. The van der Waals surface area contributed by atoms with Crippen molar-refractivity contribution < 1.29 is 4.79 Å². The number of piperazine rings is 1. The highest BCUT2D eigenvalue weighted by Gasteiger charge is 2.58. The molecule has 1 spiro atoms. The number of likely N-dealkylation sites (N-methyl/N-ethyl adjacent to an activating group) is 1. The number of nitrogens with zero attached hydrogens (tertiary/aromatic N) is 5. The maximum absolute atomic E-state index is 13.3. The number of rotatable bonds is 4. The van der Waals surface area contributed by atoms with Crippen molar-refractivity contribution in [2.75, 3.05) is 46.3 Å². The lowest BCUT2D eigenvalue weighted by Crippen LogP contribution is -2.63. The summed E-state index contributed by atoms with van der Waals surface area (Å²) in [5, 5.41) is 0. The van der Waals surface area contributed by atoms with Crippen LogP contribution < -0.4 is 0 Å². The molecule has 5 rings (SSSR count). The van der Waals surface area contributed by atoms with Crippen molar-refractivity contribution in [1.82, 2.24) is 24.6 Å². The minimum Gasteiger partial charge on any atom is -0.322 e. The minimum absolute atomic E-state index is 0.0355. The van der Waals surface area contributed by atoms with Crippen molar-refractivity contribution in [3.05, 3.63) is 30.1 Å². The summed E-state index contributed by atoms with van der Waals surface area (Å²) >= 11 is 0. The van der Waals surface area contributed by atoms with E-state index in [0.717, 1.165) is 70.3 Å².